The van der Waals surface area contributed by atoms with Crippen LogP contribution in [-0.4, -0.2) is 6.04 Å². The van der Waals surface area contributed by atoms with Crippen molar-refractivity contribution >= 4 is 0 Å². The molecule has 80 valence electrons. The van der Waals surface area contributed by atoms with Gasteiger partial charge in [-0.2, -0.15) is 0 Å². The van der Waals surface area contributed by atoms with Gasteiger partial charge >= 0.3 is 0 Å². The normalized spacial score (nSPS) is 34.9. The average Bonchev–Trinajstić information content (AvgIpc) is 2.76. The van der Waals surface area contributed by atoms with Gasteiger partial charge in [0.05, 0.1) is 0 Å². The highest BCUT2D eigenvalue weighted by Gasteiger charge is 2.60. The van der Waals surface area contributed by atoms with Crippen molar-refractivity contribution in [3.05, 3.63) is 35.6 Å². The largest absolute Gasteiger partial charge is 0.327 e. The van der Waals surface area contributed by atoms with Gasteiger partial charge in [-0.05, 0) is 36.8 Å². The lowest BCUT2D eigenvalue weighted by Gasteiger charge is -2.35. The Labute approximate surface area is 89.5 Å². The van der Waals surface area contributed by atoms with E-state index in [0.29, 0.717) is 5.92 Å². The van der Waals surface area contributed by atoms with Crippen LogP contribution in [0.25, 0.3) is 0 Å². The van der Waals surface area contributed by atoms with E-state index in [9.17, 15) is 4.39 Å². The predicted molar refractivity (Wildman–Crippen MR) is 58.0 cm³/mol. The second-order valence-electron chi connectivity index (χ2n) is 4.96. The number of nitrogens with two attached hydrogens (primary N) is 1. The SMILES string of the molecule is N[C@@H]1CC1(c1ccccc1F)C1CCC1. The molecule has 15 heavy (non-hydrogen) atoms. The van der Waals surface area contributed by atoms with E-state index in [1.54, 1.807) is 12.1 Å². The molecule has 0 aromatic heterocycles. The van der Waals surface area contributed by atoms with E-state index in [4.69, 9.17) is 5.73 Å². The topological polar surface area (TPSA) is 26.0 Å². The maximum Gasteiger partial charge on any atom is 0.127 e. The van der Waals surface area contributed by atoms with E-state index in [1.807, 2.05) is 12.1 Å². The van der Waals surface area contributed by atoms with Gasteiger partial charge in [0.2, 0.25) is 0 Å². The summed E-state index contributed by atoms with van der Waals surface area (Å²) in [6.45, 7) is 0. The molecule has 1 aromatic carbocycles. The highest BCUT2D eigenvalue weighted by molar-refractivity contribution is 5.39. The molecule has 0 spiro atoms. The lowest BCUT2D eigenvalue weighted by molar-refractivity contribution is 0.236. The van der Waals surface area contributed by atoms with E-state index < -0.39 is 0 Å². The molecule has 0 aliphatic heterocycles. The summed E-state index contributed by atoms with van der Waals surface area (Å²) in [6.07, 6.45) is 4.70. The van der Waals surface area contributed by atoms with Crippen molar-refractivity contribution < 1.29 is 4.39 Å². The molecule has 0 radical (unpaired) electrons. The number of benzene rings is 1. The van der Waals surface area contributed by atoms with Gasteiger partial charge < -0.3 is 5.73 Å². The Kier molecular flexibility index (Phi) is 1.90. The zero-order chi connectivity index (χ0) is 10.5. The quantitative estimate of drug-likeness (QED) is 0.789. The smallest absolute Gasteiger partial charge is 0.127 e. The van der Waals surface area contributed by atoms with Gasteiger partial charge in [-0.1, -0.05) is 24.6 Å². The molecule has 0 heterocycles. The third-order valence-electron chi connectivity index (χ3n) is 4.27. The summed E-state index contributed by atoms with van der Waals surface area (Å²) in [4.78, 5) is 0. The van der Waals surface area contributed by atoms with Crippen LogP contribution < -0.4 is 5.73 Å². The lowest BCUT2D eigenvalue weighted by atomic mass is 9.70. The van der Waals surface area contributed by atoms with Crippen LogP contribution >= 0.6 is 0 Å². The van der Waals surface area contributed by atoms with Gasteiger partial charge in [0.15, 0.2) is 0 Å². The van der Waals surface area contributed by atoms with Gasteiger partial charge in [-0.3, -0.25) is 0 Å². The van der Waals surface area contributed by atoms with Crippen LogP contribution in [0.3, 0.4) is 0 Å². The fourth-order valence-electron chi connectivity index (χ4n) is 3.07. The minimum absolute atomic E-state index is 0.0103. The summed E-state index contributed by atoms with van der Waals surface area (Å²) in [7, 11) is 0. The summed E-state index contributed by atoms with van der Waals surface area (Å²) >= 11 is 0. The Hall–Kier alpha value is -0.890. The maximum absolute atomic E-state index is 13.8. The Morgan fingerprint density at radius 1 is 1.27 bits per heavy atom. The number of halogens is 1. The molecule has 0 bridgehead atoms. The van der Waals surface area contributed by atoms with Crippen molar-refractivity contribution in [3.8, 4) is 0 Å². The van der Waals surface area contributed by atoms with E-state index in [-0.39, 0.29) is 17.3 Å². The molecule has 2 atom stereocenters. The molecular formula is C13H16FN. The van der Waals surface area contributed by atoms with Gasteiger partial charge in [-0.25, -0.2) is 4.39 Å². The van der Waals surface area contributed by atoms with Crippen LogP contribution in [-0.2, 0) is 5.41 Å². The van der Waals surface area contributed by atoms with Crippen LogP contribution in [0, 0.1) is 11.7 Å². The molecule has 2 fully saturated rings. The molecule has 0 amide bonds. The third kappa shape index (κ3) is 1.18. The van der Waals surface area contributed by atoms with E-state index in [0.717, 1.165) is 12.0 Å². The molecule has 2 saturated carbocycles. The highest BCUT2D eigenvalue weighted by atomic mass is 19.1. The molecule has 1 aromatic rings. The van der Waals surface area contributed by atoms with E-state index >= 15 is 0 Å². The van der Waals surface area contributed by atoms with Crippen molar-refractivity contribution in [2.75, 3.05) is 0 Å². The highest BCUT2D eigenvalue weighted by Crippen LogP contribution is 2.59. The molecule has 2 aliphatic rings. The van der Waals surface area contributed by atoms with Crippen molar-refractivity contribution in [2.45, 2.75) is 37.1 Å². The average molecular weight is 205 g/mol. The molecular weight excluding hydrogens is 189 g/mol. The first kappa shape index (κ1) is 9.34. The zero-order valence-electron chi connectivity index (χ0n) is 8.75. The van der Waals surface area contributed by atoms with Crippen molar-refractivity contribution in [3.63, 3.8) is 0 Å². The summed E-state index contributed by atoms with van der Waals surface area (Å²) in [5.41, 5.74) is 6.90. The minimum atomic E-state index is -0.0719. The van der Waals surface area contributed by atoms with Crippen molar-refractivity contribution in [1.29, 1.82) is 0 Å². The van der Waals surface area contributed by atoms with Crippen molar-refractivity contribution in [1.82, 2.24) is 0 Å². The second kappa shape index (κ2) is 3.05. The Morgan fingerprint density at radius 3 is 2.40 bits per heavy atom. The molecule has 2 N–H and O–H groups in total. The monoisotopic (exact) mass is 205 g/mol. The zero-order valence-corrected chi connectivity index (χ0v) is 8.75. The summed E-state index contributed by atoms with van der Waals surface area (Å²) in [6, 6.07) is 7.33. The molecule has 1 nitrogen and oxygen atoms in total. The van der Waals surface area contributed by atoms with Crippen LogP contribution in [0.5, 0.6) is 0 Å². The first-order valence-electron chi connectivity index (χ1n) is 5.76. The Bertz CT molecular complexity index is 386. The number of hydrogen-bond donors (Lipinski definition) is 1. The third-order valence-corrected chi connectivity index (χ3v) is 4.27. The minimum Gasteiger partial charge on any atom is -0.327 e. The van der Waals surface area contributed by atoms with Crippen LogP contribution in [0.4, 0.5) is 4.39 Å². The summed E-state index contributed by atoms with van der Waals surface area (Å²) in [5.74, 6) is 0.557. The van der Waals surface area contributed by atoms with Crippen molar-refractivity contribution in [2.24, 2.45) is 11.7 Å². The number of rotatable bonds is 2. The Balaban J connectivity index is 2.01. The molecule has 2 aliphatic carbocycles. The lowest BCUT2D eigenvalue weighted by Crippen LogP contribution is -2.33. The summed E-state index contributed by atoms with van der Waals surface area (Å²) in [5, 5.41) is 0. The maximum atomic E-state index is 13.8. The van der Waals surface area contributed by atoms with Crippen LogP contribution in [0.15, 0.2) is 24.3 Å². The molecule has 3 rings (SSSR count). The molecule has 1 unspecified atom stereocenters. The summed E-state index contributed by atoms with van der Waals surface area (Å²) < 4.78 is 13.8. The second-order valence-corrected chi connectivity index (χ2v) is 4.96. The standard InChI is InChI=1S/C13H16FN/c14-11-7-2-1-6-10(11)13(8-12(13)15)9-4-3-5-9/h1-2,6-7,9,12H,3-5,8,15H2/t12-,13?/m1/s1. The van der Waals surface area contributed by atoms with Gasteiger partial charge in [0.25, 0.3) is 0 Å². The fourth-order valence-corrected chi connectivity index (χ4v) is 3.07. The predicted octanol–water partition coefficient (Wildman–Crippen LogP) is 2.59. The molecule has 2 heteroatoms. The van der Waals surface area contributed by atoms with Gasteiger partial charge in [0.1, 0.15) is 5.82 Å². The van der Waals surface area contributed by atoms with Crippen LogP contribution in [0.1, 0.15) is 31.2 Å². The first-order chi connectivity index (χ1) is 7.25. The van der Waals surface area contributed by atoms with Crippen LogP contribution in [0.2, 0.25) is 0 Å². The first-order valence-corrected chi connectivity index (χ1v) is 5.76. The Morgan fingerprint density at radius 2 is 1.93 bits per heavy atom. The molecule has 0 saturated heterocycles. The van der Waals surface area contributed by atoms with E-state index in [2.05, 4.69) is 0 Å². The van der Waals surface area contributed by atoms with Gasteiger partial charge in [0, 0.05) is 11.5 Å². The number of hydrogen-bond acceptors (Lipinski definition) is 1. The van der Waals surface area contributed by atoms with Gasteiger partial charge in [-0.15, -0.1) is 0 Å². The fraction of sp³-hybridized carbons (Fsp3) is 0.538. The van der Waals surface area contributed by atoms with E-state index in [1.165, 1.54) is 19.3 Å².